The fraction of sp³-hybridized carbons (Fsp3) is 0.406. The molecule has 224 valence electrons. The first-order valence-electron chi connectivity index (χ1n) is 14.3. The predicted octanol–water partition coefficient (Wildman–Crippen LogP) is 1.76. The molecule has 1 saturated heterocycles. The third kappa shape index (κ3) is 3.49. The Balaban J connectivity index is 1.33. The van der Waals surface area contributed by atoms with Crippen LogP contribution in [0, 0.1) is 17.2 Å². The summed E-state index contributed by atoms with van der Waals surface area (Å²) in [5.74, 6) is -4.41. The molecule has 1 fully saturated rings. The normalized spacial score (nSPS) is 30.3. The van der Waals surface area contributed by atoms with Crippen molar-refractivity contribution in [3.05, 3.63) is 80.8 Å². The molecule has 11 heteroatoms. The fourth-order valence-electron chi connectivity index (χ4n) is 8.40. The van der Waals surface area contributed by atoms with Crippen LogP contribution >= 0.6 is 0 Å². The molecule has 1 amide bonds. The highest BCUT2D eigenvalue weighted by atomic mass is 16.5. The molecule has 1 spiro atoms. The number of ether oxygens (including phenoxy) is 1. The number of carbonyl (C=O) groups is 2. The number of allylic oxidation sites excluding steroid dienone is 1. The van der Waals surface area contributed by atoms with Gasteiger partial charge in [0.05, 0.1) is 30.5 Å². The zero-order chi connectivity index (χ0) is 30.7. The first-order chi connectivity index (χ1) is 20.4. The molecule has 4 aliphatic carbocycles. The summed E-state index contributed by atoms with van der Waals surface area (Å²) in [5, 5.41) is 58.1. The lowest BCUT2D eigenvalue weighted by Gasteiger charge is -2.51. The number of fused-ring (bicyclic) bond motifs is 4. The van der Waals surface area contributed by atoms with Crippen molar-refractivity contribution in [2.24, 2.45) is 17.6 Å². The molecule has 5 aliphatic rings. The minimum absolute atomic E-state index is 0.0233. The molecule has 2 aromatic rings. The van der Waals surface area contributed by atoms with Crippen molar-refractivity contribution < 1.29 is 34.8 Å². The van der Waals surface area contributed by atoms with Gasteiger partial charge >= 0.3 is 0 Å². The number of aromatic hydroxyl groups is 1. The maximum absolute atomic E-state index is 14.1. The van der Waals surface area contributed by atoms with Gasteiger partial charge in [0.25, 0.3) is 5.91 Å². The lowest BCUT2D eigenvalue weighted by Crippen LogP contribution is -2.63. The van der Waals surface area contributed by atoms with E-state index in [-0.39, 0.29) is 41.3 Å². The molecule has 1 heterocycles. The van der Waals surface area contributed by atoms with E-state index in [2.05, 4.69) is 17.4 Å². The molecule has 0 radical (unpaired) electrons. The second-order valence-corrected chi connectivity index (χ2v) is 12.7. The van der Waals surface area contributed by atoms with Crippen LogP contribution in [0.1, 0.15) is 45.1 Å². The minimum Gasteiger partial charge on any atom is -0.510 e. The highest BCUT2D eigenvalue weighted by Crippen LogP contribution is 2.57. The van der Waals surface area contributed by atoms with E-state index in [1.807, 2.05) is 12.1 Å². The molecule has 8 N–H and O–H groups in total. The SMILES string of the molecule is COc1c(C2NC23Cc2ccccc2C3)cc(O)c2c1C[C@H]1C[C@H]3[C@H](N(C)C)C(O)=C(C(N)=O)C(=N)[C@@]3(O)C(O)=C1C2=O. The molecule has 0 bridgehead atoms. The third-order valence-corrected chi connectivity index (χ3v) is 10.3. The Hall–Kier alpha value is -4.19. The van der Waals surface area contributed by atoms with Gasteiger partial charge in [-0.3, -0.25) is 14.5 Å². The number of aliphatic hydroxyl groups excluding tert-OH is 2. The van der Waals surface area contributed by atoms with Crippen LogP contribution in [0.4, 0.5) is 0 Å². The summed E-state index contributed by atoms with van der Waals surface area (Å²) < 4.78 is 5.92. The van der Waals surface area contributed by atoms with Gasteiger partial charge in [-0.15, -0.1) is 0 Å². The van der Waals surface area contributed by atoms with Gasteiger partial charge < -0.3 is 41.6 Å². The lowest BCUT2D eigenvalue weighted by atomic mass is 9.58. The van der Waals surface area contributed by atoms with E-state index in [1.165, 1.54) is 18.2 Å². The second kappa shape index (κ2) is 8.91. The standard InChI is InChI=1S/C32H34N4O7/c1-36(2)23-18-9-15-8-16-21(24(38)20(15)29(40)32(18,42)27(33)22(25(23)39)30(34)41)19(37)10-17(26(16)43-3)28-31(35-28)11-13-6-4-5-7-14(13)12-31/h4-7,10,15,18,23,28,33,35,37,39-40,42H,8-9,11-12H2,1-3H3,(H2,34,41)/t15-,18-,23-,28?,32+/m0/s1. The number of methoxy groups -OCH3 is 1. The number of ketones is 1. The highest BCUT2D eigenvalue weighted by Gasteiger charge is 2.62. The van der Waals surface area contributed by atoms with E-state index in [0.717, 1.165) is 18.4 Å². The molecule has 5 atom stereocenters. The topological polar surface area (TPSA) is 199 Å². The Morgan fingerprint density at radius 2 is 1.81 bits per heavy atom. The number of nitrogens with zero attached hydrogens (tertiary/aromatic N) is 1. The minimum atomic E-state index is -2.45. The number of amides is 1. The average molecular weight is 587 g/mol. The Bertz CT molecular complexity index is 1700. The number of nitrogens with one attached hydrogen (secondary N) is 2. The van der Waals surface area contributed by atoms with Crippen LogP contribution in [0.15, 0.2) is 53.0 Å². The molecular formula is C32H34N4O7. The first-order valence-corrected chi connectivity index (χ1v) is 14.3. The molecule has 43 heavy (non-hydrogen) atoms. The lowest BCUT2D eigenvalue weighted by molar-refractivity contribution is -0.114. The summed E-state index contributed by atoms with van der Waals surface area (Å²) in [6, 6.07) is 8.76. The molecule has 1 unspecified atom stereocenters. The Morgan fingerprint density at radius 1 is 1.16 bits per heavy atom. The van der Waals surface area contributed by atoms with E-state index in [4.69, 9.17) is 15.9 Å². The van der Waals surface area contributed by atoms with Gasteiger partial charge in [-0.1, -0.05) is 24.3 Å². The second-order valence-electron chi connectivity index (χ2n) is 12.7. The summed E-state index contributed by atoms with van der Waals surface area (Å²) in [5.41, 5.74) is 5.13. The van der Waals surface area contributed by atoms with Crippen molar-refractivity contribution in [2.45, 2.75) is 48.9 Å². The Morgan fingerprint density at radius 3 is 2.40 bits per heavy atom. The Labute approximate surface area is 247 Å². The number of Topliss-reactive ketones (excluding diaryl/α,β-unsaturated/α-hetero) is 1. The van der Waals surface area contributed by atoms with E-state index in [0.29, 0.717) is 11.3 Å². The van der Waals surface area contributed by atoms with E-state index in [9.17, 15) is 30.0 Å². The van der Waals surface area contributed by atoms with Crippen molar-refractivity contribution in [1.29, 1.82) is 5.41 Å². The van der Waals surface area contributed by atoms with E-state index in [1.54, 1.807) is 25.1 Å². The summed E-state index contributed by atoms with van der Waals surface area (Å²) in [4.78, 5) is 27.9. The number of aliphatic hydroxyl groups is 3. The van der Waals surface area contributed by atoms with Crippen molar-refractivity contribution >= 4 is 17.4 Å². The Kier molecular flexibility index (Phi) is 5.73. The number of phenolic OH excluding ortho intramolecular Hbond substituents is 1. The first kappa shape index (κ1) is 27.6. The van der Waals surface area contributed by atoms with Gasteiger partial charge in [-0.05, 0) is 62.9 Å². The number of benzene rings is 2. The van der Waals surface area contributed by atoms with Gasteiger partial charge in [0, 0.05) is 28.2 Å². The van der Waals surface area contributed by atoms with Crippen LogP contribution in [-0.2, 0) is 24.1 Å². The monoisotopic (exact) mass is 586 g/mol. The van der Waals surface area contributed by atoms with Crippen LogP contribution < -0.4 is 15.8 Å². The summed E-state index contributed by atoms with van der Waals surface area (Å²) in [6.07, 6.45) is 1.97. The van der Waals surface area contributed by atoms with Gasteiger partial charge in [0.15, 0.2) is 11.4 Å². The third-order valence-electron chi connectivity index (χ3n) is 10.3. The van der Waals surface area contributed by atoms with Crippen LogP contribution in [0.3, 0.4) is 0 Å². The predicted molar refractivity (Wildman–Crippen MR) is 155 cm³/mol. The maximum atomic E-state index is 14.1. The summed E-state index contributed by atoms with van der Waals surface area (Å²) >= 11 is 0. The number of hydrogen-bond donors (Lipinski definition) is 7. The van der Waals surface area contributed by atoms with E-state index >= 15 is 0 Å². The van der Waals surface area contributed by atoms with Crippen molar-refractivity contribution in [2.75, 3.05) is 21.2 Å². The van der Waals surface area contributed by atoms with Crippen molar-refractivity contribution in [3.63, 3.8) is 0 Å². The van der Waals surface area contributed by atoms with Gasteiger partial charge in [-0.25, -0.2) is 0 Å². The van der Waals surface area contributed by atoms with Gasteiger partial charge in [-0.2, -0.15) is 0 Å². The summed E-state index contributed by atoms with van der Waals surface area (Å²) in [6.45, 7) is 0. The largest absolute Gasteiger partial charge is 0.510 e. The van der Waals surface area contributed by atoms with Crippen LogP contribution in [0.5, 0.6) is 11.5 Å². The fourth-order valence-corrected chi connectivity index (χ4v) is 8.40. The molecule has 7 rings (SSSR count). The van der Waals surface area contributed by atoms with Gasteiger partial charge in [0.1, 0.15) is 28.6 Å². The molecule has 1 aliphatic heterocycles. The number of rotatable bonds is 4. The smallest absolute Gasteiger partial charge is 0.254 e. The summed E-state index contributed by atoms with van der Waals surface area (Å²) in [7, 11) is 4.80. The molecule has 0 aromatic heterocycles. The number of carbonyl (C=O) groups excluding carboxylic acids is 2. The number of hydrogen-bond acceptors (Lipinski definition) is 10. The number of primary amides is 1. The highest BCUT2D eigenvalue weighted by molar-refractivity contribution is 6.26. The van der Waals surface area contributed by atoms with Crippen molar-refractivity contribution in [1.82, 2.24) is 10.2 Å². The number of likely N-dealkylation sites (N-methyl/N-ethyl adjacent to an activating group) is 1. The maximum Gasteiger partial charge on any atom is 0.254 e. The molecule has 11 nitrogen and oxygen atoms in total. The molecule has 0 saturated carbocycles. The quantitative estimate of drug-likeness (QED) is 0.261. The van der Waals surface area contributed by atoms with Gasteiger partial charge in [0.2, 0.25) is 0 Å². The average Bonchev–Trinajstić information content (AvgIpc) is 3.49. The molecular weight excluding hydrogens is 552 g/mol. The molecule has 2 aromatic carbocycles. The van der Waals surface area contributed by atoms with Crippen LogP contribution in [-0.4, -0.2) is 81.1 Å². The van der Waals surface area contributed by atoms with Crippen LogP contribution in [0.2, 0.25) is 0 Å². The number of nitrogens with two attached hydrogens (primary N) is 1. The van der Waals surface area contributed by atoms with E-state index < -0.39 is 58.0 Å². The number of phenols is 1. The van der Waals surface area contributed by atoms with Crippen molar-refractivity contribution in [3.8, 4) is 11.5 Å². The van der Waals surface area contributed by atoms with Crippen LogP contribution in [0.25, 0.3) is 0 Å². The zero-order valence-corrected chi connectivity index (χ0v) is 24.1. The zero-order valence-electron chi connectivity index (χ0n) is 24.1.